The van der Waals surface area contributed by atoms with Gasteiger partial charge in [-0.2, -0.15) is 8.42 Å². The van der Waals surface area contributed by atoms with Crippen LogP contribution in [-0.2, 0) is 20.9 Å². The molecule has 0 fully saturated rings. The molecule has 2 aromatic rings. The molecule has 2 aromatic carbocycles. The lowest BCUT2D eigenvalue weighted by Gasteiger charge is -2.08. The Bertz CT molecular complexity index is 797. The third-order valence-electron chi connectivity index (χ3n) is 3.22. The third-order valence-corrected chi connectivity index (χ3v) is 4.49. The zero-order valence-electron chi connectivity index (χ0n) is 12.1. The van der Waals surface area contributed by atoms with Crippen LogP contribution in [0.25, 0.3) is 0 Å². The summed E-state index contributed by atoms with van der Waals surface area (Å²) in [5, 5.41) is 10.7. The number of nitro groups is 1. The fraction of sp³-hybridized carbons (Fsp3) is 0.200. The molecule has 0 saturated carbocycles. The van der Waals surface area contributed by atoms with Gasteiger partial charge in [-0.15, -0.1) is 0 Å². The fourth-order valence-corrected chi connectivity index (χ4v) is 2.76. The van der Waals surface area contributed by atoms with Crippen LogP contribution in [0.5, 0.6) is 0 Å². The maximum Gasteiger partial charge on any atom is 0.297 e. The van der Waals surface area contributed by atoms with Gasteiger partial charge in [-0.1, -0.05) is 17.7 Å². The van der Waals surface area contributed by atoms with Crippen LogP contribution in [0.1, 0.15) is 16.7 Å². The van der Waals surface area contributed by atoms with Gasteiger partial charge >= 0.3 is 0 Å². The van der Waals surface area contributed by atoms with Crippen molar-refractivity contribution in [3.63, 3.8) is 0 Å². The summed E-state index contributed by atoms with van der Waals surface area (Å²) in [6, 6.07) is 10.5. The van der Waals surface area contributed by atoms with Crippen molar-refractivity contribution < 1.29 is 17.5 Å². The molecule has 22 heavy (non-hydrogen) atoms. The highest BCUT2D eigenvalue weighted by Crippen LogP contribution is 2.20. The maximum absolute atomic E-state index is 12.1. The predicted octanol–water partition coefficient (Wildman–Crippen LogP) is 3.12. The van der Waals surface area contributed by atoms with Crippen LogP contribution in [0, 0.1) is 24.0 Å². The van der Waals surface area contributed by atoms with Crippen LogP contribution in [0.15, 0.2) is 47.4 Å². The van der Waals surface area contributed by atoms with E-state index in [-0.39, 0.29) is 17.2 Å². The average Bonchev–Trinajstić information content (AvgIpc) is 2.46. The molecule has 6 nitrogen and oxygen atoms in total. The second kappa shape index (κ2) is 6.25. The largest absolute Gasteiger partial charge is 0.297 e. The summed E-state index contributed by atoms with van der Waals surface area (Å²) in [6.45, 7) is 3.36. The summed E-state index contributed by atoms with van der Waals surface area (Å²) in [4.78, 5) is 10.3. The van der Waals surface area contributed by atoms with Crippen molar-refractivity contribution in [1.82, 2.24) is 0 Å². The summed E-state index contributed by atoms with van der Waals surface area (Å²) in [7, 11) is -3.85. The van der Waals surface area contributed by atoms with Crippen LogP contribution < -0.4 is 0 Å². The summed E-state index contributed by atoms with van der Waals surface area (Å²) in [6.07, 6.45) is 0. The quantitative estimate of drug-likeness (QED) is 0.480. The summed E-state index contributed by atoms with van der Waals surface area (Å²) in [5.74, 6) is 0. The van der Waals surface area contributed by atoms with Crippen LogP contribution in [0.4, 0.5) is 5.69 Å². The molecule has 116 valence electrons. The molecular formula is C15H15NO5S. The molecule has 0 aliphatic carbocycles. The molecule has 0 spiro atoms. The van der Waals surface area contributed by atoms with Gasteiger partial charge in [0.15, 0.2) is 0 Å². The van der Waals surface area contributed by atoms with Gasteiger partial charge in [-0.3, -0.25) is 14.3 Å². The number of aryl methyl sites for hydroxylation is 2. The van der Waals surface area contributed by atoms with E-state index >= 15 is 0 Å². The molecule has 0 heterocycles. The van der Waals surface area contributed by atoms with E-state index in [9.17, 15) is 18.5 Å². The first-order chi connectivity index (χ1) is 10.3. The Morgan fingerprint density at radius 2 is 1.73 bits per heavy atom. The average molecular weight is 321 g/mol. The van der Waals surface area contributed by atoms with Crippen molar-refractivity contribution in [2.24, 2.45) is 0 Å². The van der Waals surface area contributed by atoms with E-state index in [0.29, 0.717) is 11.1 Å². The Morgan fingerprint density at radius 1 is 1.09 bits per heavy atom. The van der Waals surface area contributed by atoms with Gasteiger partial charge in [0.1, 0.15) is 0 Å². The first-order valence-corrected chi connectivity index (χ1v) is 7.90. The van der Waals surface area contributed by atoms with Gasteiger partial charge in [0.05, 0.1) is 16.4 Å². The lowest BCUT2D eigenvalue weighted by molar-refractivity contribution is -0.384. The first kappa shape index (κ1) is 16.1. The number of nitrogens with zero attached hydrogens (tertiary/aromatic N) is 1. The number of nitro benzene ring substituents is 1. The molecule has 0 bridgehead atoms. The molecule has 0 N–H and O–H groups in total. The van der Waals surface area contributed by atoms with Crippen molar-refractivity contribution in [3.8, 4) is 0 Å². The molecule has 0 aromatic heterocycles. The molecule has 0 radical (unpaired) electrons. The molecule has 0 amide bonds. The molecular weight excluding hydrogens is 306 g/mol. The number of benzene rings is 2. The minimum atomic E-state index is -3.85. The van der Waals surface area contributed by atoms with Crippen molar-refractivity contribution in [2.75, 3.05) is 0 Å². The van der Waals surface area contributed by atoms with Gasteiger partial charge in [-0.25, -0.2) is 0 Å². The summed E-state index contributed by atoms with van der Waals surface area (Å²) >= 11 is 0. The first-order valence-electron chi connectivity index (χ1n) is 6.49. The lowest BCUT2D eigenvalue weighted by atomic mass is 10.1. The Labute approximate surface area is 128 Å². The van der Waals surface area contributed by atoms with E-state index in [0.717, 1.165) is 5.56 Å². The van der Waals surface area contributed by atoms with E-state index in [2.05, 4.69) is 0 Å². The van der Waals surface area contributed by atoms with Crippen LogP contribution in [-0.4, -0.2) is 13.3 Å². The number of rotatable bonds is 5. The smallest absolute Gasteiger partial charge is 0.262 e. The van der Waals surface area contributed by atoms with E-state index in [1.165, 1.54) is 30.3 Å². The summed E-state index contributed by atoms with van der Waals surface area (Å²) < 4.78 is 29.2. The molecule has 7 heteroatoms. The van der Waals surface area contributed by atoms with E-state index in [4.69, 9.17) is 4.18 Å². The van der Waals surface area contributed by atoms with E-state index < -0.39 is 15.0 Å². The maximum atomic E-state index is 12.1. The topological polar surface area (TPSA) is 86.5 Å². The SMILES string of the molecule is Cc1ccc(S(=O)(=O)OCc2ccc([N+](=O)[O-])cc2C)cc1. The third kappa shape index (κ3) is 3.69. The fourth-order valence-electron chi connectivity index (χ4n) is 1.87. The second-order valence-electron chi connectivity index (χ2n) is 4.90. The standard InChI is InChI=1S/C15H15NO5S/c1-11-3-7-15(8-4-11)22(19,20)21-10-13-5-6-14(16(17)18)9-12(13)2/h3-9H,10H2,1-2H3. The molecule has 0 saturated heterocycles. The highest BCUT2D eigenvalue weighted by Gasteiger charge is 2.16. The van der Waals surface area contributed by atoms with Gasteiger partial charge < -0.3 is 0 Å². The Morgan fingerprint density at radius 3 is 2.27 bits per heavy atom. The minimum absolute atomic E-state index is 0.0392. The highest BCUT2D eigenvalue weighted by molar-refractivity contribution is 7.86. The second-order valence-corrected chi connectivity index (χ2v) is 6.51. The summed E-state index contributed by atoms with van der Waals surface area (Å²) in [5.41, 5.74) is 2.10. The van der Waals surface area contributed by atoms with E-state index in [1.807, 2.05) is 6.92 Å². The minimum Gasteiger partial charge on any atom is -0.262 e. The van der Waals surface area contributed by atoms with Crippen LogP contribution in [0.2, 0.25) is 0 Å². The Balaban J connectivity index is 2.15. The van der Waals surface area contributed by atoms with Gasteiger partial charge in [0.2, 0.25) is 0 Å². The molecule has 2 rings (SSSR count). The van der Waals surface area contributed by atoms with Gasteiger partial charge in [-0.05, 0) is 43.2 Å². The number of hydrogen-bond donors (Lipinski definition) is 0. The zero-order chi connectivity index (χ0) is 16.3. The van der Waals surface area contributed by atoms with Gasteiger partial charge in [0.25, 0.3) is 15.8 Å². The molecule has 0 atom stereocenters. The van der Waals surface area contributed by atoms with Crippen molar-refractivity contribution in [1.29, 1.82) is 0 Å². The monoisotopic (exact) mass is 321 g/mol. The number of hydrogen-bond acceptors (Lipinski definition) is 5. The molecule has 0 aliphatic rings. The molecule has 0 aliphatic heterocycles. The van der Waals surface area contributed by atoms with Crippen LogP contribution in [0.3, 0.4) is 0 Å². The van der Waals surface area contributed by atoms with E-state index in [1.54, 1.807) is 19.1 Å². The van der Waals surface area contributed by atoms with Crippen molar-refractivity contribution in [2.45, 2.75) is 25.3 Å². The Kier molecular flexibility index (Phi) is 4.58. The lowest BCUT2D eigenvalue weighted by Crippen LogP contribution is -2.07. The highest BCUT2D eigenvalue weighted by atomic mass is 32.2. The van der Waals surface area contributed by atoms with Crippen LogP contribution >= 0.6 is 0 Å². The Hall–Kier alpha value is -2.25. The predicted molar refractivity (Wildman–Crippen MR) is 81.0 cm³/mol. The number of non-ortho nitro benzene ring substituents is 1. The normalized spacial score (nSPS) is 11.4. The zero-order valence-corrected chi connectivity index (χ0v) is 13.0. The van der Waals surface area contributed by atoms with Crippen molar-refractivity contribution >= 4 is 15.8 Å². The van der Waals surface area contributed by atoms with Crippen molar-refractivity contribution in [3.05, 3.63) is 69.3 Å². The molecule has 0 unspecified atom stereocenters. The van der Waals surface area contributed by atoms with Gasteiger partial charge in [0, 0.05) is 12.1 Å².